The minimum Gasteiger partial charge on any atom is -0.207 e. The molecule has 2 saturated carbocycles. The van der Waals surface area contributed by atoms with Crippen molar-refractivity contribution in [2.24, 2.45) is 17.8 Å². The number of benzene rings is 2. The summed E-state index contributed by atoms with van der Waals surface area (Å²) in [7, 11) is 0. The molecular formula is C32H44F2. The first-order valence-corrected chi connectivity index (χ1v) is 14.1. The van der Waals surface area contributed by atoms with Crippen molar-refractivity contribution < 1.29 is 8.78 Å². The van der Waals surface area contributed by atoms with Crippen molar-refractivity contribution in [3.05, 3.63) is 59.2 Å². The summed E-state index contributed by atoms with van der Waals surface area (Å²) in [4.78, 5) is 0. The molecule has 0 amide bonds. The Morgan fingerprint density at radius 1 is 0.853 bits per heavy atom. The molecule has 2 fully saturated rings. The van der Waals surface area contributed by atoms with Gasteiger partial charge in [-0.05, 0) is 110 Å². The number of allylic oxidation sites excluding steroid dienone is 2. The molecular weight excluding hydrogens is 422 g/mol. The SMILES string of the molecule is CC=CCCc1cc(F)c2cc(C3CCC4CC(CCCCCCC)CCC4C3)c(F)cc2c1. The Kier molecular flexibility index (Phi) is 9.20. The van der Waals surface area contributed by atoms with Crippen molar-refractivity contribution in [2.75, 3.05) is 0 Å². The van der Waals surface area contributed by atoms with Crippen LogP contribution in [-0.2, 0) is 6.42 Å². The molecule has 0 nitrogen and oxygen atoms in total. The number of rotatable bonds is 10. The van der Waals surface area contributed by atoms with Crippen LogP contribution in [0, 0.1) is 29.4 Å². The first-order valence-electron chi connectivity index (χ1n) is 14.1. The molecule has 4 atom stereocenters. The fraction of sp³-hybridized carbons (Fsp3) is 0.625. The Morgan fingerprint density at radius 3 is 2.47 bits per heavy atom. The predicted molar refractivity (Wildman–Crippen MR) is 141 cm³/mol. The fourth-order valence-electron chi connectivity index (χ4n) is 6.85. The number of halogens is 2. The molecule has 2 aliphatic rings. The molecule has 34 heavy (non-hydrogen) atoms. The maximum atomic E-state index is 15.3. The van der Waals surface area contributed by atoms with Gasteiger partial charge in [0.2, 0.25) is 0 Å². The largest absolute Gasteiger partial charge is 0.207 e. The minimum absolute atomic E-state index is 0.137. The lowest BCUT2D eigenvalue weighted by molar-refractivity contribution is 0.112. The Morgan fingerprint density at radius 2 is 1.65 bits per heavy atom. The molecule has 4 rings (SSSR count). The molecule has 0 aromatic heterocycles. The molecule has 0 aliphatic heterocycles. The van der Waals surface area contributed by atoms with Crippen LogP contribution in [0.3, 0.4) is 0 Å². The van der Waals surface area contributed by atoms with Crippen molar-refractivity contribution in [2.45, 2.75) is 110 Å². The summed E-state index contributed by atoms with van der Waals surface area (Å²) in [6, 6.07) is 7.04. The second-order valence-electron chi connectivity index (χ2n) is 11.2. The normalized spacial score (nSPS) is 25.2. The van der Waals surface area contributed by atoms with E-state index in [1.807, 2.05) is 25.1 Å². The summed E-state index contributed by atoms with van der Waals surface area (Å²) in [5.41, 5.74) is 1.70. The maximum absolute atomic E-state index is 15.3. The molecule has 186 valence electrons. The van der Waals surface area contributed by atoms with Crippen molar-refractivity contribution in [3.63, 3.8) is 0 Å². The van der Waals surface area contributed by atoms with Gasteiger partial charge in [0.25, 0.3) is 0 Å². The molecule has 0 saturated heterocycles. The Hall–Kier alpha value is -1.70. The highest BCUT2D eigenvalue weighted by Crippen LogP contribution is 2.49. The van der Waals surface area contributed by atoms with Gasteiger partial charge in [0.1, 0.15) is 11.6 Å². The first-order chi connectivity index (χ1) is 16.6. The number of unbranched alkanes of at least 4 members (excludes halogenated alkanes) is 4. The van der Waals surface area contributed by atoms with Crippen LogP contribution in [0.15, 0.2) is 36.4 Å². The predicted octanol–water partition coefficient (Wildman–Crippen LogP) is 10.3. The van der Waals surface area contributed by atoms with Crippen LogP contribution in [0.25, 0.3) is 10.8 Å². The third kappa shape index (κ3) is 6.29. The molecule has 0 spiro atoms. The standard InChI is InChI=1S/C32H44F2/c1-3-5-7-8-10-11-23-13-14-26-20-27(16-15-25(26)17-23)29-22-30-28(21-32(29)34)18-24(19-31(30)33)12-9-6-4-2/h4,6,18-19,21-23,25-27H,3,5,7-17,20H2,1-2H3. The summed E-state index contributed by atoms with van der Waals surface area (Å²) >= 11 is 0. The molecule has 2 heteroatoms. The van der Waals surface area contributed by atoms with Gasteiger partial charge in [0, 0.05) is 5.39 Å². The van der Waals surface area contributed by atoms with Crippen molar-refractivity contribution in [3.8, 4) is 0 Å². The summed E-state index contributed by atoms with van der Waals surface area (Å²) < 4.78 is 30.2. The van der Waals surface area contributed by atoms with E-state index in [1.165, 1.54) is 64.2 Å². The van der Waals surface area contributed by atoms with Gasteiger partial charge in [-0.3, -0.25) is 0 Å². The van der Waals surface area contributed by atoms with Gasteiger partial charge in [0.15, 0.2) is 0 Å². The van der Waals surface area contributed by atoms with E-state index >= 15 is 4.39 Å². The highest BCUT2D eigenvalue weighted by atomic mass is 19.1. The van der Waals surface area contributed by atoms with Gasteiger partial charge >= 0.3 is 0 Å². The van der Waals surface area contributed by atoms with E-state index in [2.05, 4.69) is 13.0 Å². The van der Waals surface area contributed by atoms with E-state index < -0.39 is 0 Å². The molecule has 0 N–H and O–H groups in total. The minimum atomic E-state index is -0.206. The van der Waals surface area contributed by atoms with E-state index in [4.69, 9.17) is 0 Å². The number of fused-ring (bicyclic) bond motifs is 2. The van der Waals surface area contributed by atoms with E-state index in [-0.39, 0.29) is 17.6 Å². The third-order valence-electron chi connectivity index (χ3n) is 8.79. The molecule has 2 aromatic rings. The average molecular weight is 467 g/mol. The molecule has 0 bridgehead atoms. The van der Waals surface area contributed by atoms with Gasteiger partial charge < -0.3 is 0 Å². The van der Waals surface area contributed by atoms with Gasteiger partial charge in [0.05, 0.1) is 0 Å². The van der Waals surface area contributed by atoms with Gasteiger partial charge in [-0.15, -0.1) is 0 Å². The van der Waals surface area contributed by atoms with Gasteiger partial charge in [-0.2, -0.15) is 0 Å². The zero-order valence-electron chi connectivity index (χ0n) is 21.4. The third-order valence-corrected chi connectivity index (χ3v) is 8.79. The summed E-state index contributed by atoms with van der Waals surface area (Å²) in [5, 5.41) is 1.28. The van der Waals surface area contributed by atoms with Crippen LogP contribution in [0.4, 0.5) is 8.78 Å². The lowest BCUT2D eigenvalue weighted by Gasteiger charge is -2.42. The molecule has 4 unspecified atom stereocenters. The Bertz CT molecular complexity index is 959. The molecule has 2 aromatic carbocycles. The average Bonchev–Trinajstić information content (AvgIpc) is 2.83. The second kappa shape index (κ2) is 12.3. The lowest BCUT2D eigenvalue weighted by Crippen LogP contribution is -2.30. The Balaban J connectivity index is 1.38. The van der Waals surface area contributed by atoms with E-state index in [1.54, 1.807) is 12.1 Å². The maximum Gasteiger partial charge on any atom is 0.131 e. The zero-order chi connectivity index (χ0) is 23.9. The topological polar surface area (TPSA) is 0 Å². The zero-order valence-corrected chi connectivity index (χ0v) is 21.4. The monoisotopic (exact) mass is 466 g/mol. The van der Waals surface area contributed by atoms with E-state index in [0.717, 1.165) is 54.6 Å². The van der Waals surface area contributed by atoms with Crippen molar-refractivity contribution in [1.29, 1.82) is 0 Å². The van der Waals surface area contributed by atoms with Gasteiger partial charge in [-0.1, -0.05) is 70.1 Å². The van der Waals surface area contributed by atoms with E-state index in [0.29, 0.717) is 10.8 Å². The van der Waals surface area contributed by atoms with Crippen LogP contribution >= 0.6 is 0 Å². The van der Waals surface area contributed by atoms with Crippen LogP contribution < -0.4 is 0 Å². The fourth-order valence-corrected chi connectivity index (χ4v) is 6.85. The highest BCUT2D eigenvalue weighted by molar-refractivity contribution is 5.85. The first kappa shape index (κ1) is 25.4. The number of hydrogen-bond donors (Lipinski definition) is 0. The van der Waals surface area contributed by atoms with Crippen molar-refractivity contribution in [1.82, 2.24) is 0 Å². The Labute approximate surface area is 206 Å². The van der Waals surface area contributed by atoms with E-state index in [9.17, 15) is 4.39 Å². The number of hydrogen-bond acceptors (Lipinski definition) is 0. The second-order valence-corrected chi connectivity index (χ2v) is 11.2. The quantitative estimate of drug-likeness (QED) is 0.241. The van der Waals surface area contributed by atoms with Gasteiger partial charge in [-0.25, -0.2) is 8.78 Å². The smallest absolute Gasteiger partial charge is 0.131 e. The van der Waals surface area contributed by atoms with Crippen LogP contribution in [0.5, 0.6) is 0 Å². The van der Waals surface area contributed by atoms with Crippen LogP contribution in [-0.4, -0.2) is 0 Å². The van der Waals surface area contributed by atoms with Crippen molar-refractivity contribution >= 4 is 10.8 Å². The molecule has 2 aliphatic carbocycles. The molecule has 0 heterocycles. The van der Waals surface area contributed by atoms with Crippen LogP contribution in [0.1, 0.15) is 114 Å². The lowest BCUT2D eigenvalue weighted by atomic mass is 9.63. The summed E-state index contributed by atoms with van der Waals surface area (Å²) in [5.74, 6) is 2.36. The highest BCUT2D eigenvalue weighted by Gasteiger charge is 2.36. The summed E-state index contributed by atoms with van der Waals surface area (Å²) in [6.07, 6.45) is 21.5. The summed E-state index contributed by atoms with van der Waals surface area (Å²) in [6.45, 7) is 4.27. The number of aryl methyl sites for hydroxylation is 1. The molecule has 0 radical (unpaired) electrons. The van der Waals surface area contributed by atoms with Crippen LogP contribution in [0.2, 0.25) is 0 Å².